The van der Waals surface area contributed by atoms with Crippen molar-refractivity contribution in [2.75, 3.05) is 11.5 Å². The number of rotatable bonds is 3. The average Bonchev–Trinajstić information content (AvgIpc) is 2.56. The fraction of sp³-hybridized carbons (Fsp3) is 0.0526. The zero-order chi connectivity index (χ0) is 16.4. The number of hydrogen-bond acceptors (Lipinski definition) is 3. The van der Waals surface area contributed by atoms with E-state index in [1.807, 2.05) is 55.5 Å². The summed E-state index contributed by atoms with van der Waals surface area (Å²) in [4.78, 5) is 0. The lowest BCUT2D eigenvalue weighted by atomic mass is 10.2. The first kappa shape index (κ1) is 15.4. The second-order valence-electron chi connectivity index (χ2n) is 5.63. The summed E-state index contributed by atoms with van der Waals surface area (Å²) in [7, 11) is -2.95. The van der Waals surface area contributed by atoms with Gasteiger partial charge in [0.25, 0.3) is 0 Å². The molecule has 23 heavy (non-hydrogen) atoms. The zero-order valence-corrected chi connectivity index (χ0v) is 13.8. The summed E-state index contributed by atoms with van der Waals surface area (Å²) in [5, 5.41) is 2.33. The predicted molar refractivity (Wildman–Crippen MR) is 99.4 cm³/mol. The molecule has 0 saturated heterocycles. The Morgan fingerprint density at radius 1 is 0.609 bits per heavy atom. The van der Waals surface area contributed by atoms with Crippen LogP contribution in [0, 0.1) is 6.92 Å². The van der Waals surface area contributed by atoms with E-state index in [0.717, 1.165) is 21.5 Å². The SMILES string of the molecule is Cc1ccc(P(=O)(c2ccc(N)cc2)c2ccc(N)cc2)cc1. The summed E-state index contributed by atoms with van der Waals surface area (Å²) in [6, 6.07) is 22.3. The molecule has 0 spiro atoms. The number of anilines is 2. The van der Waals surface area contributed by atoms with Gasteiger partial charge in [-0.05, 0) is 55.5 Å². The number of benzene rings is 3. The van der Waals surface area contributed by atoms with E-state index in [9.17, 15) is 4.57 Å². The Morgan fingerprint density at radius 2 is 0.913 bits per heavy atom. The predicted octanol–water partition coefficient (Wildman–Crippen LogP) is 2.80. The van der Waals surface area contributed by atoms with E-state index < -0.39 is 7.14 Å². The van der Waals surface area contributed by atoms with Gasteiger partial charge in [-0.3, -0.25) is 0 Å². The van der Waals surface area contributed by atoms with Crippen molar-refractivity contribution in [1.82, 2.24) is 0 Å². The Labute approximate surface area is 136 Å². The van der Waals surface area contributed by atoms with Crippen molar-refractivity contribution in [2.24, 2.45) is 0 Å². The molecule has 0 fully saturated rings. The molecule has 4 N–H and O–H groups in total. The summed E-state index contributed by atoms with van der Waals surface area (Å²) in [5.74, 6) is 0. The van der Waals surface area contributed by atoms with Crippen LogP contribution in [-0.4, -0.2) is 0 Å². The highest BCUT2D eigenvalue weighted by molar-refractivity contribution is 7.85. The van der Waals surface area contributed by atoms with Crippen molar-refractivity contribution in [2.45, 2.75) is 6.92 Å². The van der Waals surface area contributed by atoms with Gasteiger partial charge in [0, 0.05) is 27.3 Å². The van der Waals surface area contributed by atoms with Crippen molar-refractivity contribution in [1.29, 1.82) is 0 Å². The van der Waals surface area contributed by atoms with Gasteiger partial charge in [0.05, 0.1) is 0 Å². The lowest BCUT2D eigenvalue weighted by Gasteiger charge is -2.20. The third-order valence-corrected chi connectivity index (χ3v) is 6.99. The van der Waals surface area contributed by atoms with Crippen LogP contribution in [0.15, 0.2) is 72.8 Å². The molecule has 0 amide bonds. The smallest absolute Gasteiger partial charge is 0.171 e. The molecule has 0 aliphatic carbocycles. The molecule has 0 heterocycles. The van der Waals surface area contributed by atoms with Crippen LogP contribution in [0.2, 0.25) is 0 Å². The highest BCUT2D eigenvalue weighted by Crippen LogP contribution is 2.42. The summed E-state index contributed by atoms with van der Waals surface area (Å²) in [5.41, 5.74) is 14.0. The molecule has 3 rings (SSSR count). The number of hydrogen-bond donors (Lipinski definition) is 2. The lowest BCUT2D eigenvalue weighted by Crippen LogP contribution is -2.25. The van der Waals surface area contributed by atoms with Crippen LogP contribution in [0.1, 0.15) is 5.56 Å². The van der Waals surface area contributed by atoms with Gasteiger partial charge in [-0.1, -0.05) is 29.8 Å². The minimum absolute atomic E-state index is 0.654. The molecule has 0 bridgehead atoms. The van der Waals surface area contributed by atoms with Crippen molar-refractivity contribution in [3.63, 3.8) is 0 Å². The van der Waals surface area contributed by atoms with Crippen molar-refractivity contribution >= 4 is 34.4 Å². The Bertz CT molecular complexity index is 736. The monoisotopic (exact) mass is 322 g/mol. The molecule has 0 aromatic heterocycles. The minimum atomic E-state index is -2.95. The van der Waals surface area contributed by atoms with Gasteiger partial charge in [-0.2, -0.15) is 0 Å². The van der Waals surface area contributed by atoms with Crippen molar-refractivity contribution in [3.8, 4) is 0 Å². The van der Waals surface area contributed by atoms with Gasteiger partial charge in [0.1, 0.15) is 0 Å². The van der Waals surface area contributed by atoms with E-state index in [4.69, 9.17) is 11.5 Å². The first-order valence-corrected chi connectivity index (χ1v) is 9.10. The first-order valence-electron chi connectivity index (χ1n) is 7.39. The fourth-order valence-corrected chi connectivity index (χ4v) is 5.17. The molecule has 0 aliphatic heterocycles. The molecule has 0 radical (unpaired) electrons. The molecule has 0 saturated carbocycles. The van der Waals surface area contributed by atoms with Crippen LogP contribution in [0.3, 0.4) is 0 Å². The standard InChI is InChI=1S/C19H19N2OP/c1-14-2-8-17(9-3-14)23(22,18-10-4-15(20)5-11-18)19-12-6-16(21)7-13-19/h2-13H,20-21H2,1H3. The van der Waals surface area contributed by atoms with Crippen LogP contribution in [0.5, 0.6) is 0 Å². The zero-order valence-electron chi connectivity index (χ0n) is 12.9. The maximum Gasteiger partial charge on any atom is 0.171 e. The molecule has 3 aromatic carbocycles. The second-order valence-corrected chi connectivity index (χ2v) is 8.40. The number of nitrogens with two attached hydrogens (primary N) is 2. The average molecular weight is 322 g/mol. The molecular formula is C19H19N2OP. The van der Waals surface area contributed by atoms with Gasteiger partial charge < -0.3 is 16.0 Å². The van der Waals surface area contributed by atoms with E-state index in [1.54, 1.807) is 24.3 Å². The van der Waals surface area contributed by atoms with Gasteiger partial charge in [0.2, 0.25) is 0 Å². The van der Waals surface area contributed by atoms with E-state index >= 15 is 0 Å². The summed E-state index contributed by atoms with van der Waals surface area (Å²) in [6.07, 6.45) is 0. The third-order valence-electron chi connectivity index (χ3n) is 3.91. The Morgan fingerprint density at radius 3 is 1.26 bits per heavy atom. The van der Waals surface area contributed by atoms with Gasteiger partial charge >= 0.3 is 0 Å². The Kier molecular flexibility index (Phi) is 3.97. The van der Waals surface area contributed by atoms with Crippen molar-refractivity contribution < 1.29 is 4.57 Å². The van der Waals surface area contributed by atoms with Gasteiger partial charge in [-0.15, -0.1) is 0 Å². The summed E-state index contributed by atoms with van der Waals surface area (Å²) < 4.78 is 14.1. The maximum atomic E-state index is 14.1. The molecule has 4 heteroatoms. The van der Waals surface area contributed by atoms with Crippen LogP contribution >= 0.6 is 7.14 Å². The molecule has 3 aromatic rings. The first-order chi connectivity index (χ1) is 11.0. The van der Waals surface area contributed by atoms with E-state index in [0.29, 0.717) is 11.4 Å². The number of nitrogen functional groups attached to an aromatic ring is 2. The Hall–Kier alpha value is -2.51. The van der Waals surface area contributed by atoms with Crippen LogP contribution < -0.4 is 27.4 Å². The minimum Gasteiger partial charge on any atom is -0.399 e. The lowest BCUT2D eigenvalue weighted by molar-refractivity contribution is 0.592. The largest absolute Gasteiger partial charge is 0.399 e. The molecule has 0 aliphatic rings. The molecule has 3 nitrogen and oxygen atoms in total. The molecular weight excluding hydrogens is 303 g/mol. The Balaban J connectivity index is 2.24. The topological polar surface area (TPSA) is 69.1 Å². The normalized spacial score (nSPS) is 11.3. The van der Waals surface area contributed by atoms with Crippen LogP contribution in [0.25, 0.3) is 0 Å². The van der Waals surface area contributed by atoms with Crippen LogP contribution in [0.4, 0.5) is 11.4 Å². The fourth-order valence-electron chi connectivity index (χ4n) is 2.57. The summed E-state index contributed by atoms with van der Waals surface area (Å²) in [6.45, 7) is 2.02. The van der Waals surface area contributed by atoms with Crippen molar-refractivity contribution in [3.05, 3.63) is 78.4 Å². The van der Waals surface area contributed by atoms with Crippen LogP contribution in [-0.2, 0) is 4.57 Å². The second kappa shape index (κ2) is 5.94. The van der Waals surface area contributed by atoms with E-state index in [2.05, 4.69) is 0 Å². The highest BCUT2D eigenvalue weighted by atomic mass is 31.2. The molecule has 0 unspecified atom stereocenters. The highest BCUT2D eigenvalue weighted by Gasteiger charge is 2.29. The van der Waals surface area contributed by atoms with Gasteiger partial charge in [0.15, 0.2) is 7.14 Å². The number of aryl methyl sites for hydroxylation is 1. The quantitative estimate of drug-likeness (QED) is 0.575. The molecule has 0 atom stereocenters. The van der Waals surface area contributed by atoms with Gasteiger partial charge in [-0.25, -0.2) is 0 Å². The van der Waals surface area contributed by atoms with E-state index in [1.165, 1.54) is 0 Å². The molecule has 116 valence electrons. The maximum absolute atomic E-state index is 14.1. The summed E-state index contributed by atoms with van der Waals surface area (Å²) >= 11 is 0. The van der Waals surface area contributed by atoms with E-state index in [-0.39, 0.29) is 0 Å². The third kappa shape index (κ3) is 2.88.